The van der Waals surface area contributed by atoms with Crippen LogP contribution in [0.25, 0.3) is 28.0 Å². The van der Waals surface area contributed by atoms with E-state index in [0.29, 0.717) is 16.5 Å². The van der Waals surface area contributed by atoms with Gasteiger partial charge in [-0.1, -0.05) is 44.1 Å². The number of anilines is 2. The topological polar surface area (TPSA) is 132 Å². The highest BCUT2D eigenvalue weighted by molar-refractivity contribution is 7.86. The first kappa shape index (κ1) is 26.1. The number of pyridine rings is 2. The molecule has 0 aliphatic rings. The predicted octanol–water partition coefficient (Wildman–Crippen LogP) is 5.28. The maximum atomic E-state index is 13.0. The largest absolute Gasteiger partial charge is 0.359 e. The van der Waals surface area contributed by atoms with Gasteiger partial charge in [-0.25, -0.2) is 9.78 Å². The Kier molecular flexibility index (Phi) is 6.66. The standard InChI is InChI=1S/C27H26N6O5S/c1-27(2,3)23-15-25(31-37-23)33(38-39(4,35)36)26(34)30-21-9-7-18(8-10-21)22-17-29-24-14-19(11-13-32(22)24)20-6-5-12-28-16-20/h5-17H,1-4H3,(H,30,34). The van der Waals surface area contributed by atoms with Crippen molar-refractivity contribution in [2.45, 2.75) is 26.2 Å². The quantitative estimate of drug-likeness (QED) is 0.285. The average molecular weight is 547 g/mol. The lowest BCUT2D eigenvalue weighted by molar-refractivity contribution is 0.224. The Bertz CT molecular complexity index is 1740. The molecule has 200 valence electrons. The second-order valence-electron chi connectivity index (χ2n) is 9.91. The highest BCUT2D eigenvalue weighted by Gasteiger charge is 2.28. The summed E-state index contributed by atoms with van der Waals surface area (Å²) in [6, 6.07) is 15.5. The average Bonchev–Trinajstić information content (AvgIpc) is 3.55. The lowest BCUT2D eigenvalue weighted by atomic mass is 9.93. The van der Waals surface area contributed by atoms with E-state index >= 15 is 0 Å². The number of imidazole rings is 1. The van der Waals surface area contributed by atoms with Crippen LogP contribution >= 0.6 is 0 Å². The fourth-order valence-corrected chi connectivity index (χ4v) is 4.25. The van der Waals surface area contributed by atoms with Crippen molar-refractivity contribution in [1.29, 1.82) is 0 Å². The Morgan fingerprint density at radius 2 is 1.79 bits per heavy atom. The molecule has 0 atom stereocenters. The van der Waals surface area contributed by atoms with Gasteiger partial charge >= 0.3 is 6.03 Å². The fraction of sp³-hybridized carbons (Fsp3) is 0.185. The van der Waals surface area contributed by atoms with E-state index in [2.05, 4.69) is 20.4 Å². The number of aromatic nitrogens is 4. The molecule has 5 aromatic rings. The minimum Gasteiger partial charge on any atom is -0.359 e. The van der Waals surface area contributed by atoms with Crippen LogP contribution in [0.3, 0.4) is 0 Å². The molecule has 0 unspecified atom stereocenters. The maximum absolute atomic E-state index is 13.0. The number of hydrogen-bond acceptors (Lipinski definition) is 8. The minimum absolute atomic E-state index is 0.101. The molecular weight excluding hydrogens is 520 g/mol. The van der Waals surface area contributed by atoms with Crippen molar-refractivity contribution in [3.63, 3.8) is 0 Å². The van der Waals surface area contributed by atoms with E-state index in [9.17, 15) is 13.2 Å². The van der Waals surface area contributed by atoms with Crippen LogP contribution in [0.5, 0.6) is 0 Å². The van der Waals surface area contributed by atoms with Crippen molar-refractivity contribution in [2.24, 2.45) is 0 Å². The number of hydrogen-bond donors (Lipinski definition) is 1. The van der Waals surface area contributed by atoms with Gasteiger partial charge in [-0.2, -0.15) is 8.42 Å². The van der Waals surface area contributed by atoms with Crippen LogP contribution < -0.4 is 10.4 Å². The first-order valence-corrected chi connectivity index (χ1v) is 13.8. The molecule has 0 saturated heterocycles. The van der Waals surface area contributed by atoms with E-state index in [0.717, 1.165) is 34.3 Å². The number of nitrogens with one attached hydrogen (secondary N) is 1. The second kappa shape index (κ2) is 9.97. The third kappa shape index (κ3) is 5.81. The Morgan fingerprint density at radius 1 is 1.03 bits per heavy atom. The zero-order chi connectivity index (χ0) is 27.8. The van der Waals surface area contributed by atoms with E-state index in [4.69, 9.17) is 8.81 Å². The van der Waals surface area contributed by atoms with Crippen molar-refractivity contribution >= 4 is 33.3 Å². The van der Waals surface area contributed by atoms with Crippen molar-refractivity contribution in [1.82, 2.24) is 19.5 Å². The van der Waals surface area contributed by atoms with E-state index < -0.39 is 21.6 Å². The Morgan fingerprint density at radius 3 is 2.44 bits per heavy atom. The van der Waals surface area contributed by atoms with Crippen LogP contribution in [0.2, 0.25) is 0 Å². The van der Waals surface area contributed by atoms with Crippen LogP contribution in [0.15, 0.2) is 83.9 Å². The van der Waals surface area contributed by atoms with Crippen molar-refractivity contribution < 1.29 is 22.0 Å². The van der Waals surface area contributed by atoms with Crippen LogP contribution in [0.1, 0.15) is 26.5 Å². The lowest BCUT2D eigenvalue weighted by Gasteiger charge is -2.18. The molecule has 0 spiro atoms. The third-order valence-electron chi connectivity index (χ3n) is 5.78. The van der Waals surface area contributed by atoms with Gasteiger partial charge in [-0.15, -0.1) is 9.35 Å². The minimum atomic E-state index is -4.04. The molecule has 0 bridgehead atoms. The van der Waals surface area contributed by atoms with Crippen molar-refractivity contribution in [3.8, 4) is 22.4 Å². The number of urea groups is 1. The van der Waals surface area contributed by atoms with Gasteiger partial charge in [0.15, 0.2) is 0 Å². The van der Waals surface area contributed by atoms with Gasteiger partial charge < -0.3 is 9.84 Å². The van der Waals surface area contributed by atoms with Gasteiger partial charge in [0.05, 0.1) is 18.1 Å². The maximum Gasteiger partial charge on any atom is 0.353 e. The summed E-state index contributed by atoms with van der Waals surface area (Å²) in [5, 5.41) is 7.00. The van der Waals surface area contributed by atoms with Crippen molar-refractivity contribution in [2.75, 3.05) is 16.6 Å². The summed E-state index contributed by atoms with van der Waals surface area (Å²) < 4.78 is 35.9. The summed E-state index contributed by atoms with van der Waals surface area (Å²) in [4.78, 5) is 21.7. The molecule has 0 radical (unpaired) electrons. The van der Waals surface area contributed by atoms with E-state index in [1.54, 1.807) is 30.7 Å². The summed E-state index contributed by atoms with van der Waals surface area (Å²) in [5.74, 6) is 0.355. The molecular formula is C27H26N6O5S. The van der Waals surface area contributed by atoms with Gasteiger partial charge in [-0.05, 0) is 35.9 Å². The molecule has 5 rings (SSSR count). The monoisotopic (exact) mass is 546 g/mol. The number of carbonyl (C=O) groups excluding carboxylic acids is 1. The number of hydroxylamine groups is 1. The van der Waals surface area contributed by atoms with Gasteiger partial charge in [0.2, 0.25) is 5.82 Å². The summed E-state index contributed by atoms with van der Waals surface area (Å²) in [6.45, 7) is 5.68. The molecule has 4 heterocycles. The normalized spacial score (nSPS) is 12.0. The summed E-state index contributed by atoms with van der Waals surface area (Å²) >= 11 is 0. The molecule has 12 heteroatoms. The highest BCUT2D eigenvalue weighted by atomic mass is 32.2. The molecule has 1 aromatic carbocycles. The van der Waals surface area contributed by atoms with Gasteiger partial charge in [0, 0.05) is 46.9 Å². The number of nitrogens with zero attached hydrogens (tertiary/aromatic N) is 5. The van der Waals surface area contributed by atoms with E-state index in [1.165, 1.54) is 6.07 Å². The second-order valence-corrected chi connectivity index (χ2v) is 11.5. The first-order chi connectivity index (χ1) is 18.5. The highest BCUT2D eigenvalue weighted by Crippen LogP contribution is 2.28. The molecule has 1 N–H and O–H groups in total. The molecule has 11 nitrogen and oxygen atoms in total. The lowest BCUT2D eigenvalue weighted by Crippen LogP contribution is -2.37. The van der Waals surface area contributed by atoms with E-state index in [-0.39, 0.29) is 5.82 Å². The first-order valence-electron chi connectivity index (χ1n) is 11.9. The zero-order valence-electron chi connectivity index (χ0n) is 21.7. The third-order valence-corrected chi connectivity index (χ3v) is 6.20. The summed E-state index contributed by atoms with van der Waals surface area (Å²) in [7, 11) is -4.04. The molecule has 0 aliphatic heterocycles. The Hall–Kier alpha value is -4.55. The van der Waals surface area contributed by atoms with Gasteiger partial charge in [0.1, 0.15) is 11.4 Å². The predicted molar refractivity (Wildman–Crippen MR) is 146 cm³/mol. The number of amides is 2. The summed E-state index contributed by atoms with van der Waals surface area (Å²) in [5.41, 5.74) is 4.52. The van der Waals surface area contributed by atoms with E-state index in [1.807, 2.05) is 67.8 Å². The van der Waals surface area contributed by atoms with Crippen LogP contribution in [0, 0.1) is 0 Å². The number of carbonyl (C=O) groups is 1. The van der Waals surface area contributed by atoms with Crippen LogP contribution in [-0.2, 0) is 19.8 Å². The van der Waals surface area contributed by atoms with Gasteiger partial charge in [-0.3, -0.25) is 9.38 Å². The number of rotatable bonds is 6. The van der Waals surface area contributed by atoms with Crippen LogP contribution in [0.4, 0.5) is 16.3 Å². The number of benzene rings is 1. The molecule has 39 heavy (non-hydrogen) atoms. The van der Waals surface area contributed by atoms with Crippen molar-refractivity contribution in [3.05, 3.63) is 85.1 Å². The SMILES string of the molecule is CC(C)(C)c1cc(N(OS(C)(=O)=O)C(=O)Nc2ccc(-c3cnc4cc(-c5cccnc5)ccn34)cc2)no1. The number of fused-ring (bicyclic) bond motifs is 1. The molecule has 0 saturated carbocycles. The molecule has 4 aromatic heterocycles. The van der Waals surface area contributed by atoms with Gasteiger partial charge in [0.25, 0.3) is 10.1 Å². The van der Waals surface area contributed by atoms with Crippen LogP contribution in [-0.4, -0.2) is 40.2 Å². The fourth-order valence-electron chi connectivity index (χ4n) is 3.83. The Balaban J connectivity index is 1.36. The Labute approximate surface area is 225 Å². The smallest absolute Gasteiger partial charge is 0.353 e. The molecule has 0 fully saturated rings. The summed E-state index contributed by atoms with van der Waals surface area (Å²) in [6.07, 6.45) is 8.09. The molecule has 2 amide bonds. The molecule has 0 aliphatic carbocycles. The zero-order valence-corrected chi connectivity index (χ0v) is 22.5.